The molecule has 0 radical (unpaired) electrons. The molecular weight excluding hydrogens is 248 g/mol. The van der Waals surface area contributed by atoms with Crippen LogP contribution in [0.25, 0.3) is 0 Å². The average Bonchev–Trinajstić information content (AvgIpc) is 2.98. The maximum atomic E-state index is 12.0. The van der Waals surface area contributed by atoms with Gasteiger partial charge in [-0.15, -0.1) is 0 Å². The summed E-state index contributed by atoms with van der Waals surface area (Å²) in [5.74, 6) is -0.422. The van der Waals surface area contributed by atoms with Gasteiger partial charge in [-0.05, 0) is 12.8 Å². The van der Waals surface area contributed by atoms with Gasteiger partial charge < -0.3 is 15.4 Å². The Hall–Kier alpha value is -1.89. The van der Waals surface area contributed by atoms with Crippen LogP contribution < -0.4 is 5.73 Å². The van der Waals surface area contributed by atoms with Crippen molar-refractivity contribution in [3.8, 4) is 0 Å². The lowest BCUT2D eigenvalue weighted by Gasteiger charge is -2.40. The van der Waals surface area contributed by atoms with Crippen molar-refractivity contribution in [2.75, 3.05) is 19.7 Å². The number of ether oxygens (including phenoxy) is 1. The fraction of sp³-hybridized carbons (Fsp3) is 0.583. The van der Waals surface area contributed by atoms with Gasteiger partial charge in [0.2, 0.25) is 0 Å². The smallest absolute Gasteiger partial charge is 0.251 e. The Bertz CT molecular complexity index is 501. The van der Waals surface area contributed by atoms with E-state index in [0.29, 0.717) is 25.3 Å². The summed E-state index contributed by atoms with van der Waals surface area (Å²) in [7, 11) is 0. The number of aromatic nitrogens is 2. The molecule has 7 heteroatoms. The summed E-state index contributed by atoms with van der Waals surface area (Å²) in [5, 5.41) is 4.10. The van der Waals surface area contributed by atoms with Gasteiger partial charge in [0.15, 0.2) is 0 Å². The summed E-state index contributed by atoms with van der Waals surface area (Å²) in [5.41, 5.74) is 5.56. The van der Waals surface area contributed by atoms with Crippen LogP contribution in [0.5, 0.6) is 0 Å². The Labute approximate surface area is 110 Å². The zero-order chi connectivity index (χ0) is 13.4. The van der Waals surface area contributed by atoms with Gasteiger partial charge in [0.05, 0.1) is 17.8 Å². The first kappa shape index (κ1) is 12.2. The Morgan fingerprint density at radius 1 is 1.42 bits per heavy atom. The zero-order valence-electron chi connectivity index (χ0n) is 10.5. The van der Waals surface area contributed by atoms with E-state index in [1.54, 1.807) is 15.8 Å². The van der Waals surface area contributed by atoms with Crippen molar-refractivity contribution >= 4 is 11.8 Å². The third-order valence-electron chi connectivity index (χ3n) is 3.64. The molecule has 0 bridgehead atoms. The van der Waals surface area contributed by atoms with Gasteiger partial charge in [0.1, 0.15) is 6.10 Å². The van der Waals surface area contributed by atoms with Crippen molar-refractivity contribution in [2.24, 2.45) is 5.73 Å². The first-order valence-electron chi connectivity index (χ1n) is 6.39. The second kappa shape index (κ2) is 4.65. The lowest BCUT2D eigenvalue weighted by atomic mass is 10.1. The number of nitrogens with zero attached hydrogens (tertiary/aromatic N) is 3. The van der Waals surface area contributed by atoms with E-state index in [-0.39, 0.29) is 18.1 Å². The number of nitrogens with two attached hydrogens (primary N) is 1. The van der Waals surface area contributed by atoms with Gasteiger partial charge in [-0.1, -0.05) is 0 Å². The molecule has 2 aliphatic heterocycles. The van der Waals surface area contributed by atoms with Crippen molar-refractivity contribution < 1.29 is 14.3 Å². The Kier molecular flexibility index (Phi) is 2.98. The SMILES string of the molecule is NC(=O)c1cnn(C2CN(C(=O)C3CCCO3)C2)c1. The summed E-state index contributed by atoms with van der Waals surface area (Å²) < 4.78 is 7.07. The zero-order valence-corrected chi connectivity index (χ0v) is 10.5. The van der Waals surface area contributed by atoms with E-state index in [9.17, 15) is 9.59 Å². The first-order chi connectivity index (χ1) is 9.15. The summed E-state index contributed by atoms with van der Waals surface area (Å²) in [6.45, 7) is 1.89. The molecule has 2 amide bonds. The molecule has 3 heterocycles. The fourth-order valence-electron chi connectivity index (χ4n) is 2.44. The molecule has 2 N–H and O–H groups in total. The van der Waals surface area contributed by atoms with E-state index in [1.165, 1.54) is 6.20 Å². The fourth-order valence-corrected chi connectivity index (χ4v) is 2.44. The predicted molar refractivity (Wildman–Crippen MR) is 65.3 cm³/mol. The Balaban J connectivity index is 1.56. The highest BCUT2D eigenvalue weighted by molar-refractivity contribution is 5.92. The van der Waals surface area contributed by atoms with Crippen LogP contribution in [0.3, 0.4) is 0 Å². The maximum absolute atomic E-state index is 12.0. The highest BCUT2D eigenvalue weighted by atomic mass is 16.5. The summed E-state index contributed by atoms with van der Waals surface area (Å²) >= 11 is 0. The minimum Gasteiger partial charge on any atom is -0.368 e. The standard InChI is InChI=1S/C12H16N4O3/c13-11(17)8-4-14-16(5-8)9-6-15(7-9)12(18)10-2-1-3-19-10/h4-5,9-10H,1-3,6-7H2,(H2,13,17). The van der Waals surface area contributed by atoms with Crippen molar-refractivity contribution in [2.45, 2.75) is 25.0 Å². The highest BCUT2D eigenvalue weighted by Gasteiger charge is 2.37. The van der Waals surface area contributed by atoms with Crippen LogP contribution >= 0.6 is 0 Å². The highest BCUT2D eigenvalue weighted by Crippen LogP contribution is 2.24. The molecule has 1 unspecified atom stereocenters. The molecule has 7 nitrogen and oxygen atoms in total. The van der Waals surface area contributed by atoms with E-state index >= 15 is 0 Å². The van der Waals surface area contributed by atoms with Gasteiger partial charge in [-0.3, -0.25) is 14.3 Å². The lowest BCUT2D eigenvalue weighted by Crippen LogP contribution is -2.53. The second-order valence-electron chi connectivity index (χ2n) is 4.97. The minimum absolute atomic E-state index is 0.0658. The molecule has 19 heavy (non-hydrogen) atoms. The Morgan fingerprint density at radius 3 is 2.79 bits per heavy atom. The lowest BCUT2D eigenvalue weighted by molar-refractivity contribution is -0.147. The predicted octanol–water partition coefficient (Wildman–Crippen LogP) is -0.456. The molecule has 0 spiro atoms. The average molecular weight is 264 g/mol. The molecule has 0 aliphatic carbocycles. The van der Waals surface area contributed by atoms with Gasteiger partial charge in [0.25, 0.3) is 11.8 Å². The van der Waals surface area contributed by atoms with Gasteiger partial charge in [-0.25, -0.2) is 0 Å². The third kappa shape index (κ3) is 2.21. The second-order valence-corrected chi connectivity index (χ2v) is 4.97. The first-order valence-corrected chi connectivity index (χ1v) is 6.39. The van der Waals surface area contributed by atoms with Gasteiger partial charge >= 0.3 is 0 Å². The largest absolute Gasteiger partial charge is 0.368 e. The number of hydrogen-bond acceptors (Lipinski definition) is 4. The number of hydrogen-bond donors (Lipinski definition) is 1. The van der Waals surface area contributed by atoms with Crippen LogP contribution in [-0.2, 0) is 9.53 Å². The Morgan fingerprint density at radius 2 is 2.21 bits per heavy atom. The van der Waals surface area contributed by atoms with Gasteiger partial charge in [-0.2, -0.15) is 5.10 Å². The number of primary amides is 1. The van der Waals surface area contributed by atoms with E-state index in [2.05, 4.69) is 5.10 Å². The molecule has 0 aromatic carbocycles. The van der Waals surface area contributed by atoms with Crippen LogP contribution in [0.4, 0.5) is 0 Å². The van der Waals surface area contributed by atoms with Gasteiger partial charge in [0, 0.05) is 25.9 Å². The molecule has 1 aromatic rings. The van der Waals surface area contributed by atoms with Crippen LogP contribution in [0.15, 0.2) is 12.4 Å². The minimum atomic E-state index is -0.488. The summed E-state index contributed by atoms with van der Waals surface area (Å²) in [4.78, 5) is 24.8. The molecule has 2 fully saturated rings. The van der Waals surface area contributed by atoms with E-state index in [1.807, 2.05) is 0 Å². The number of rotatable bonds is 3. The molecular formula is C12H16N4O3. The van der Waals surface area contributed by atoms with E-state index in [4.69, 9.17) is 10.5 Å². The molecule has 2 saturated heterocycles. The number of carbonyl (C=O) groups is 2. The van der Waals surface area contributed by atoms with E-state index in [0.717, 1.165) is 12.8 Å². The summed E-state index contributed by atoms with van der Waals surface area (Å²) in [6, 6.07) is 0.124. The molecule has 102 valence electrons. The maximum Gasteiger partial charge on any atom is 0.251 e. The number of likely N-dealkylation sites (tertiary alicyclic amines) is 1. The molecule has 1 aromatic heterocycles. The molecule has 0 saturated carbocycles. The van der Waals surface area contributed by atoms with Crippen LogP contribution in [0.2, 0.25) is 0 Å². The summed E-state index contributed by atoms with van der Waals surface area (Å²) in [6.07, 6.45) is 4.58. The molecule has 2 aliphatic rings. The van der Waals surface area contributed by atoms with Crippen molar-refractivity contribution in [3.05, 3.63) is 18.0 Å². The normalized spacial score (nSPS) is 23.4. The van der Waals surface area contributed by atoms with Crippen molar-refractivity contribution in [1.29, 1.82) is 0 Å². The van der Waals surface area contributed by atoms with E-state index < -0.39 is 5.91 Å². The number of carbonyl (C=O) groups excluding carboxylic acids is 2. The topological polar surface area (TPSA) is 90.5 Å². The quantitative estimate of drug-likeness (QED) is 0.800. The molecule has 1 atom stereocenters. The van der Waals surface area contributed by atoms with Crippen LogP contribution in [-0.4, -0.2) is 52.3 Å². The monoisotopic (exact) mass is 264 g/mol. The molecule has 3 rings (SSSR count). The van der Waals surface area contributed by atoms with Crippen LogP contribution in [0, 0.1) is 0 Å². The third-order valence-corrected chi connectivity index (χ3v) is 3.64. The van der Waals surface area contributed by atoms with Crippen LogP contribution in [0.1, 0.15) is 29.2 Å². The van der Waals surface area contributed by atoms with Crippen molar-refractivity contribution in [1.82, 2.24) is 14.7 Å². The number of amides is 2. The van der Waals surface area contributed by atoms with Crippen molar-refractivity contribution in [3.63, 3.8) is 0 Å².